The van der Waals surface area contributed by atoms with Crippen molar-refractivity contribution in [3.8, 4) is 0 Å². The lowest BCUT2D eigenvalue weighted by molar-refractivity contribution is -0.142. The Morgan fingerprint density at radius 2 is 1.70 bits per heavy atom. The molecule has 0 bridgehead atoms. The topological polar surface area (TPSA) is 66.6 Å². The molecule has 1 aromatic rings. The van der Waals surface area contributed by atoms with Crippen LogP contribution in [0, 0.1) is 24.7 Å². The van der Waals surface area contributed by atoms with Gasteiger partial charge in [0.2, 0.25) is 11.8 Å². The van der Waals surface area contributed by atoms with Crippen LogP contribution in [0.1, 0.15) is 45.6 Å². The van der Waals surface area contributed by atoms with E-state index in [1.165, 1.54) is 11.3 Å². The average Bonchev–Trinajstić information content (AvgIpc) is 2.64. The van der Waals surface area contributed by atoms with E-state index in [-0.39, 0.29) is 23.7 Å². The maximum atomic E-state index is 13.3. The predicted octanol–water partition coefficient (Wildman–Crippen LogP) is 3.21. The van der Waals surface area contributed by atoms with Crippen LogP contribution in [-0.2, 0) is 9.59 Å². The number of piperazine rings is 1. The van der Waals surface area contributed by atoms with Gasteiger partial charge in [0.05, 0.1) is 0 Å². The molecule has 0 spiro atoms. The molecule has 0 aliphatic carbocycles. The fourth-order valence-corrected chi connectivity index (χ4v) is 4.12. The summed E-state index contributed by atoms with van der Waals surface area (Å²) in [6.07, 6.45) is 2.25. The number of anilines is 1. The molecule has 0 radical (unpaired) electrons. The monoisotopic (exact) mass is 373 g/mol. The molecule has 5 heteroatoms. The fourth-order valence-electron chi connectivity index (χ4n) is 4.12. The maximum absolute atomic E-state index is 13.3. The summed E-state index contributed by atoms with van der Waals surface area (Å²) in [4.78, 5) is 29.6. The van der Waals surface area contributed by atoms with Gasteiger partial charge in [-0.15, -0.1) is 0 Å². The second-order valence-electron chi connectivity index (χ2n) is 8.13. The summed E-state index contributed by atoms with van der Waals surface area (Å²) in [6, 6.07) is 8.36. The van der Waals surface area contributed by atoms with Crippen LogP contribution in [-0.4, -0.2) is 42.9 Å². The fraction of sp³-hybridized carbons (Fsp3) is 0.636. The van der Waals surface area contributed by atoms with Crippen molar-refractivity contribution in [2.75, 3.05) is 31.1 Å². The number of nitrogens with zero attached hydrogens (tertiary/aromatic N) is 2. The Balaban J connectivity index is 2.08. The van der Waals surface area contributed by atoms with Crippen molar-refractivity contribution in [3.05, 3.63) is 29.8 Å². The van der Waals surface area contributed by atoms with Gasteiger partial charge in [0.1, 0.15) is 0 Å². The van der Waals surface area contributed by atoms with E-state index in [1.54, 1.807) is 0 Å². The minimum atomic E-state index is -0.362. The van der Waals surface area contributed by atoms with Crippen LogP contribution in [0.25, 0.3) is 0 Å². The van der Waals surface area contributed by atoms with Gasteiger partial charge in [-0.05, 0) is 37.3 Å². The average molecular weight is 374 g/mol. The molecule has 1 heterocycles. The van der Waals surface area contributed by atoms with Crippen LogP contribution in [0.2, 0.25) is 0 Å². The van der Waals surface area contributed by atoms with Crippen LogP contribution in [0.15, 0.2) is 24.3 Å². The number of primary amides is 1. The highest BCUT2D eigenvalue weighted by Gasteiger charge is 2.36. The molecule has 150 valence electrons. The van der Waals surface area contributed by atoms with E-state index < -0.39 is 0 Å². The van der Waals surface area contributed by atoms with E-state index in [2.05, 4.69) is 43.9 Å². The van der Waals surface area contributed by atoms with Crippen LogP contribution in [0.4, 0.5) is 5.69 Å². The van der Waals surface area contributed by atoms with Crippen LogP contribution in [0.5, 0.6) is 0 Å². The molecule has 27 heavy (non-hydrogen) atoms. The van der Waals surface area contributed by atoms with E-state index in [0.717, 1.165) is 19.5 Å². The minimum Gasteiger partial charge on any atom is -0.369 e. The third-order valence-electron chi connectivity index (χ3n) is 5.54. The van der Waals surface area contributed by atoms with E-state index in [4.69, 9.17) is 5.73 Å². The number of amides is 2. The molecule has 0 saturated carbocycles. The van der Waals surface area contributed by atoms with E-state index >= 15 is 0 Å². The first-order valence-electron chi connectivity index (χ1n) is 10.2. The van der Waals surface area contributed by atoms with Gasteiger partial charge in [-0.25, -0.2) is 0 Å². The summed E-state index contributed by atoms with van der Waals surface area (Å²) >= 11 is 0. The second kappa shape index (κ2) is 9.77. The molecule has 1 aromatic carbocycles. The summed E-state index contributed by atoms with van der Waals surface area (Å²) in [5.74, 6) is -0.544. The zero-order chi connectivity index (χ0) is 20.0. The first-order valence-corrected chi connectivity index (χ1v) is 10.2. The third kappa shape index (κ3) is 5.47. The molecule has 1 aliphatic rings. The zero-order valence-electron chi connectivity index (χ0n) is 17.3. The number of hydrogen-bond donors (Lipinski definition) is 1. The summed E-state index contributed by atoms with van der Waals surface area (Å²) in [5, 5.41) is 0. The van der Waals surface area contributed by atoms with Crippen LogP contribution >= 0.6 is 0 Å². The van der Waals surface area contributed by atoms with Gasteiger partial charge in [-0.3, -0.25) is 9.59 Å². The third-order valence-corrected chi connectivity index (χ3v) is 5.54. The highest BCUT2D eigenvalue weighted by Crippen LogP contribution is 2.28. The zero-order valence-corrected chi connectivity index (χ0v) is 17.3. The molecule has 1 saturated heterocycles. The van der Waals surface area contributed by atoms with Crippen LogP contribution in [0.3, 0.4) is 0 Å². The second-order valence-corrected chi connectivity index (χ2v) is 8.13. The number of nitrogens with two attached hydrogens (primary N) is 1. The standard InChI is InChI=1S/C22H35N3O2/c1-5-8-18(21(23)26)19(15-16(2)3)22(27)25-13-11-24(12-14-25)20-10-7-6-9-17(20)4/h6-7,9-10,16,18-19H,5,8,11-15H2,1-4H3,(H2,23,26)/t18-,19+/m0/s1. The lowest BCUT2D eigenvalue weighted by atomic mass is 9.81. The molecule has 2 rings (SSSR count). The molecule has 0 aromatic heterocycles. The lowest BCUT2D eigenvalue weighted by Crippen LogP contribution is -2.52. The molecule has 5 nitrogen and oxygen atoms in total. The SMILES string of the molecule is CCC[C@H](C(N)=O)[C@@H](CC(C)C)C(=O)N1CCN(c2ccccc2C)CC1. The Morgan fingerprint density at radius 1 is 1.07 bits per heavy atom. The quantitative estimate of drug-likeness (QED) is 0.761. The first-order chi connectivity index (χ1) is 12.8. The van der Waals surface area contributed by atoms with Gasteiger partial charge in [0.25, 0.3) is 0 Å². The number of carbonyl (C=O) groups is 2. The molecule has 2 N–H and O–H groups in total. The minimum absolute atomic E-state index is 0.102. The molecular weight excluding hydrogens is 338 g/mol. The van der Waals surface area contributed by atoms with Gasteiger partial charge < -0.3 is 15.5 Å². The normalized spacial score (nSPS) is 17.1. The van der Waals surface area contributed by atoms with Crippen molar-refractivity contribution in [2.24, 2.45) is 23.5 Å². The van der Waals surface area contributed by atoms with Gasteiger partial charge in [-0.2, -0.15) is 0 Å². The molecule has 0 unspecified atom stereocenters. The molecule has 2 amide bonds. The van der Waals surface area contributed by atoms with E-state index in [0.29, 0.717) is 31.8 Å². The van der Waals surface area contributed by atoms with Crippen molar-refractivity contribution in [3.63, 3.8) is 0 Å². The molecular formula is C22H35N3O2. The number of hydrogen-bond acceptors (Lipinski definition) is 3. The summed E-state index contributed by atoms with van der Waals surface area (Å²) in [7, 11) is 0. The van der Waals surface area contributed by atoms with Crippen molar-refractivity contribution < 1.29 is 9.59 Å². The number of para-hydroxylation sites is 1. The Kier molecular flexibility index (Phi) is 7.69. The van der Waals surface area contributed by atoms with Gasteiger partial charge >= 0.3 is 0 Å². The van der Waals surface area contributed by atoms with Crippen molar-refractivity contribution in [1.29, 1.82) is 0 Å². The van der Waals surface area contributed by atoms with Crippen molar-refractivity contribution >= 4 is 17.5 Å². The van der Waals surface area contributed by atoms with E-state index in [1.807, 2.05) is 17.9 Å². The predicted molar refractivity (Wildman–Crippen MR) is 111 cm³/mol. The van der Waals surface area contributed by atoms with Gasteiger partial charge in [0.15, 0.2) is 0 Å². The number of rotatable bonds is 8. The maximum Gasteiger partial charge on any atom is 0.226 e. The molecule has 1 aliphatic heterocycles. The smallest absolute Gasteiger partial charge is 0.226 e. The van der Waals surface area contributed by atoms with E-state index in [9.17, 15) is 9.59 Å². The summed E-state index contributed by atoms with van der Waals surface area (Å²) in [5.41, 5.74) is 8.16. The Labute approximate surface area is 163 Å². The number of aryl methyl sites for hydroxylation is 1. The van der Waals surface area contributed by atoms with Gasteiger partial charge in [0, 0.05) is 43.7 Å². The Hall–Kier alpha value is -2.04. The van der Waals surface area contributed by atoms with Crippen LogP contribution < -0.4 is 10.6 Å². The number of benzene rings is 1. The molecule has 2 atom stereocenters. The molecule has 1 fully saturated rings. The highest BCUT2D eigenvalue weighted by atomic mass is 16.2. The number of carbonyl (C=O) groups excluding carboxylic acids is 2. The highest BCUT2D eigenvalue weighted by molar-refractivity contribution is 5.87. The lowest BCUT2D eigenvalue weighted by Gasteiger charge is -2.39. The van der Waals surface area contributed by atoms with Crippen molar-refractivity contribution in [2.45, 2.75) is 47.0 Å². The Bertz CT molecular complexity index is 636. The summed E-state index contributed by atoms with van der Waals surface area (Å²) in [6.45, 7) is 11.4. The summed E-state index contributed by atoms with van der Waals surface area (Å²) < 4.78 is 0. The Morgan fingerprint density at radius 3 is 2.22 bits per heavy atom. The largest absolute Gasteiger partial charge is 0.369 e. The van der Waals surface area contributed by atoms with Gasteiger partial charge in [-0.1, -0.05) is 45.4 Å². The first kappa shape index (κ1) is 21.3. The van der Waals surface area contributed by atoms with Crippen molar-refractivity contribution in [1.82, 2.24) is 4.90 Å².